The number of nitrogens with one attached hydrogen (secondary N) is 1. The Morgan fingerprint density at radius 2 is 2.46 bits per heavy atom. The van der Waals surface area contributed by atoms with Crippen LogP contribution in [0.1, 0.15) is 19.8 Å². The first-order valence-electron chi connectivity index (χ1n) is 4.26. The molecular weight excluding hydrogens is 170 g/mol. The second kappa shape index (κ2) is 7.39. The predicted molar refractivity (Wildman–Crippen MR) is 49.9 cm³/mol. The molecule has 0 aliphatic carbocycles. The molecule has 0 aromatic carbocycles. The largest absolute Gasteiger partial charge is 0.368 e. The molecule has 1 atom stereocenters. The molecule has 6 nitrogen and oxygen atoms in total. The van der Waals surface area contributed by atoms with Gasteiger partial charge in [-0.25, -0.2) is 0 Å². The molecule has 3 N–H and O–H groups in total. The summed E-state index contributed by atoms with van der Waals surface area (Å²) < 4.78 is 0. The summed E-state index contributed by atoms with van der Waals surface area (Å²) in [6.07, 6.45) is 1.60. The van der Waals surface area contributed by atoms with Crippen LogP contribution in [-0.4, -0.2) is 25.0 Å². The third kappa shape index (κ3) is 5.95. The Morgan fingerprint density at radius 1 is 1.77 bits per heavy atom. The molecule has 1 amide bonds. The monoisotopic (exact) mass is 185 g/mol. The van der Waals surface area contributed by atoms with Gasteiger partial charge in [-0.2, -0.15) is 0 Å². The molecule has 0 heterocycles. The van der Waals surface area contributed by atoms with E-state index in [0.29, 0.717) is 19.5 Å². The van der Waals surface area contributed by atoms with E-state index in [-0.39, 0.29) is 11.9 Å². The van der Waals surface area contributed by atoms with E-state index in [1.54, 1.807) is 0 Å². The summed E-state index contributed by atoms with van der Waals surface area (Å²) >= 11 is 0. The minimum atomic E-state index is -0.359. The van der Waals surface area contributed by atoms with Crippen molar-refractivity contribution in [2.75, 3.05) is 13.1 Å². The van der Waals surface area contributed by atoms with Crippen LogP contribution >= 0.6 is 0 Å². The SMILES string of the molecule is CCCC(NCCN=[N+]=[N-])C(N)=O. The van der Waals surface area contributed by atoms with Crippen LogP contribution in [0.3, 0.4) is 0 Å². The Labute approximate surface area is 77.1 Å². The standard InChI is InChI=1S/C7H15N5O/c1-2-3-6(7(8)13)10-4-5-11-12-9/h6,10H,2-5H2,1H3,(H2,8,13). The van der Waals surface area contributed by atoms with Crippen LogP contribution < -0.4 is 11.1 Å². The van der Waals surface area contributed by atoms with Crippen molar-refractivity contribution in [1.29, 1.82) is 0 Å². The summed E-state index contributed by atoms with van der Waals surface area (Å²) in [6.45, 7) is 2.80. The van der Waals surface area contributed by atoms with Crippen LogP contribution in [0.15, 0.2) is 5.11 Å². The Bertz CT molecular complexity index is 199. The van der Waals surface area contributed by atoms with E-state index in [0.717, 1.165) is 6.42 Å². The molecule has 0 bridgehead atoms. The van der Waals surface area contributed by atoms with Gasteiger partial charge in [-0.3, -0.25) is 4.79 Å². The van der Waals surface area contributed by atoms with Gasteiger partial charge in [0.15, 0.2) is 0 Å². The van der Waals surface area contributed by atoms with E-state index in [9.17, 15) is 4.79 Å². The highest BCUT2D eigenvalue weighted by atomic mass is 16.1. The van der Waals surface area contributed by atoms with Gasteiger partial charge in [0.05, 0.1) is 6.04 Å². The van der Waals surface area contributed by atoms with Crippen molar-refractivity contribution in [3.63, 3.8) is 0 Å². The fourth-order valence-corrected chi connectivity index (χ4v) is 0.967. The molecule has 0 saturated heterocycles. The molecular formula is C7H15N5O. The fourth-order valence-electron chi connectivity index (χ4n) is 0.967. The average Bonchev–Trinajstić information content (AvgIpc) is 2.10. The van der Waals surface area contributed by atoms with Crippen LogP contribution in [0.2, 0.25) is 0 Å². The number of primary amides is 1. The van der Waals surface area contributed by atoms with E-state index in [1.807, 2.05) is 6.92 Å². The number of rotatable bonds is 7. The van der Waals surface area contributed by atoms with Crippen LogP contribution in [0.25, 0.3) is 10.4 Å². The molecule has 13 heavy (non-hydrogen) atoms. The highest BCUT2D eigenvalue weighted by Crippen LogP contribution is 1.94. The van der Waals surface area contributed by atoms with E-state index in [2.05, 4.69) is 15.3 Å². The number of amides is 1. The van der Waals surface area contributed by atoms with Crippen LogP contribution in [0, 0.1) is 0 Å². The summed E-state index contributed by atoms with van der Waals surface area (Å²) in [6, 6.07) is -0.307. The highest BCUT2D eigenvalue weighted by Gasteiger charge is 2.11. The van der Waals surface area contributed by atoms with E-state index >= 15 is 0 Å². The lowest BCUT2D eigenvalue weighted by molar-refractivity contribution is -0.120. The Kier molecular flexibility index (Phi) is 6.68. The number of hydrogen-bond acceptors (Lipinski definition) is 3. The lowest BCUT2D eigenvalue weighted by atomic mass is 10.1. The number of nitrogens with zero attached hydrogens (tertiary/aromatic N) is 3. The summed E-state index contributed by atoms with van der Waals surface area (Å²) in [5.74, 6) is -0.359. The fraction of sp³-hybridized carbons (Fsp3) is 0.857. The first kappa shape index (κ1) is 11.7. The summed E-state index contributed by atoms with van der Waals surface area (Å²) in [5.41, 5.74) is 13.1. The third-order valence-corrected chi connectivity index (χ3v) is 1.59. The molecule has 0 aromatic heterocycles. The zero-order valence-corrected chi connectivity index (χ0v) is 7.73. The molecule has 0 aliphatic heterocycles. The van der Waals surface area contributed by atoms with E-state index in [1.165, 1.54) is 0 Å². The number of azide groups is 1. The maximum atomic E-state index is 10.8. The Morgan fingerprint density at radius 3 is 2.92 bits per heavy atom. The van der Waals surface area contributed by atoms with E-state index in [4.69, 9.17) is 11.3 Å². The van der Waals surface area contributed by atoms with Gasteiger partial charge < -0.3 is 11.1 Å². The molecule has 74 valence electrons. The van der Waals surface area contributed by atoms with Gasteiger partial charge in [0.1, 0.15) is 0 Å². The third-order valence-electron chi connectivity index (χ3n) is 1.59. The second-order valence-corrected chi connectivity index (χ2v) is 2.65. The summed E-state index contributed by atoms with van der Waals surface area (Å²) in [4.78, 5) is 13.4. The predicted octanol–water partition coefficient (Wildman–Crippen LogP) is 0.540. The first-order valence-corrected chi connectivity index (χ1v) is 4.26. The van der Waals surface area contributed by atoms with Gasteiger partial charge in [0, 0.05) is 18.0 Å². The maximum Gasteiger partial charge on any atom is 0.234 e. The molecule has 0 aliphatic rings. The molecule has 0 rings (SSSR count). The molecule has 0 radical (unpaired) electrons. The van der Waals surface area contributed by atoms with Gasteiger partial charge in [0.2, 0.25) is 5.91 Å². The first-order chi connectivity index (χ1) is 6.22. The average molecular weight is 185 g/mol. The molecule has 6 heteroatoms. The Hall–Kier alpha value is -1.26. The Balaban J connectivity index is 3.68. The van der Waals surface area contributed by atoms with Crippen molar-refractivity contribution in [1.82, 2.24) is 5.32 Å². The minimum absolute atomic E-state index is 0.307. The number of hydrogen-bond donors (Lipinski definition) is 2. The molecule has 0 saturated carbocycles. The quantitative estimate of drug-likeness (QED) is 0.261. The van der Waals surface area contributed by atoms with E-state index < -0.39 is 0 Å². The van der Waals surface area contributed by atoms with Crippen LogP contribution in [-0.2, 0) is 4.79 Å². The lowest BCUT2D eigenvalue weighted by Crippen LogP contribution is -2.42. The number of nitrogens with two attached hydrogens (primary N) is 1. The lowest BCUT2D eigenvalue weighted by Gasteiger charge is -2.12. The van der Waals surface area contributed by atoms with Crippen LogP contribution in [0.5, 0.6) is 0 Å². The summed E-state index contributed by atoms with van der Waals surface area (Å²) in [5, 5.41) is 6.24. The number of carbonyl (C=O) groups is 1. The minimum Gasteiger partial charge on any atom is -0.368 e. The van der Waals surface area contributed by atoms with Crippen molar-refractivity contribution in [2.24, 2.45) is 10.8 Å². The van der Waals surface area contributed by atoms with Gasteiger partial charge in [-0.15, -0.1) is 0 Å². The van der Waals surface area contributed by atoms with Crippen molar-refractivity contribution in [3.05, 3.63) is 10.4 Å². The molecule has 0 aromatic rings. The molecule has 0 spiro atoms. The zero-order chi connectivity index (χ0) is 10.1. The smallest absolute Gasteiger partial charge is 0.234 e. The molecule has 1 unspecified atom stereocenters. The second-order valence-electron chi connectivity index (χ2n) is 2.65. The topological polar surface area (TPSA) is 104 Å². The van der Waals surface area contributed by atoms with Crippen molar-refractivity contribution in [2.45, 2.75) is 25.8 Å². The van der Waals surface area contributed by atoms with Crippen molar-refractivity contribution >= 4 is 5.91 Å². The zero-order valence-electron chi connectivity index (χ0n) is 7.73. The normalized spacial score (nSPS) is 11.8. The van der Waals surface area contributed by atoms with Crippen molar-refractivity contribution < 1.29 is 4.79 Å². The number of carbonyl (C=O) groups excluding carboxylic acids is 1. The highest BCUT2D eigenvalue weighted by molar-refractivity contribution is 5.79. The van der Waals surface area contributed by atoms with Gasteiger partial charge in [0.25, 0.3) is 0 Å². The summed E-state index contributed by atoms with van der Waals surface area (Å²) in [7, 11) is 0. The van der Waals surface area contributed by atoms with Gasteiger partial charge in [-0.05, 0) is 12.0 Å². The molecule has 0 fully saturated rings. The van der Waals surface area contributed by atoms with Crippen molar-refractivity contribution in [3.8, 4) is 0 Å². The van der Waals surface area contributed by atoms with Gasteiger partial charge in [-0.1, -0.05) is 18.5 Å². The van der Waals surface area contributed by atoms with Gasteiger partial charge >= 0.3 is 0 Å². The van der Waals surface area contributed by atoms with Crippen LogP contribution in [0.4, 0.5) is 0 Å². The maximum absolute atomic E-state index is 10.8.